The Morgan fingerprint density at radius 2 is 2.29 bits per heavy atom. The maximum Gasteiger partial charge on any atom is 0.228 e. The lowest BCUT2D eigenvalue weighted by Crippen LogP contribution is -2.54. The summed E-state index contributed by atoms with van der Waals surface area (Å²) in [5.41, 5.74) is 0.979. The molecule has 1 amide bonds. The van der Waals surface area contributed by atoms with E-state index in [-0.39, 0.29) is 17.4 Å². The molecule has 0 bridgehead atoms. The van der Waals surface area contributed by atoms with Crippen molar-refractivity contribution in [3.8, 4) is 0 Å². The van der Waals surface area contributed by atoms with E-state index in [1.165, 1.54) is 16.9 Å². The van der Waals surface area contributed by atoms with Crippen molar-refractivity contribution in [2.45, 2.75) is 49.0 Å². The van der Waals surface area contributed by atoms with Crippen molar-refractivity contribution in [2.24, 2.45) is 5.92 Å². The lowest BCUT2D eigenvalue weighted by Gasteiger charge is -2.40. The Morgan fingerprint density at radius 1 is 1.48 bits per heavy atom. The number of halogens is 1. The van der Waals surface area contributed by atoms with Crippen LogP contribution in [0.15, 0.2) is 29.2 Å². The number of amides is 1. The molecular weight excluding hydrogens is 302 g/mol. The van der Waals surface area contributed by atoms with Gasteiger partial charge in [0.1, 0.15) is 0 Å². The molecule has 1 aliphatic heterocycles. The predicted octanol–water partition coefficient (Wildman–Crippen LogP) is 4.18. The van der Waals surface area contributed by atoms with Crippen molar-refractivity contribution < 1.29 is 4.79 Å². The third-order valence-electron chi connectivity index (χ3n) is 4.75. The molecule has 2 aliphatic rings. The molecule has 3 atom stereocenters. The molecule has 0 saturated heterocycles. The fourth-order valence-corrected chi connectivity index (χ4v) is 5.19. The minimum Gasteiger partial charge on any atom is -0.349 e. The molecule has 2 nitrogen and oxygen atoms in total. The molecule has 1 aliphatic carbocycles. The fourth-order valence-electron chi connectivity index (χ4n) is 3.66. The Hall–Kier alpha value is -0.670. The quantitative estimate of drug-likeness (QED) is 0.845. The van der Waals surface area contributed by atoms with E-state index in [1.807, 2.05) is 12.1 Å². The largest absolute Gasteiger partial charge is 0.349 e. The SMILES string of the molecule is CC1CCCC(CCl)(NC(=O)C2CSc3ccccc32)C1. The van der Waals surface area contributed by atoms with Crippen LogP contribution in [-0.4, -0.2) is 23.1 Å². The first kappa shape index (κ1) is 15.2. The smallest absolute Gasteiger partial charge is 0.228 e. The first-order valence-electron chi connectivity index (χ1n) is 7.73. The van der Waals surface area contributed by atoms with E-state index in [0.29, 0.717) is 11.8 Å². The van der Waals surface area contributed by atoms with Crippen molar-refractivity contribution in [3.63, 3.8) is 0 Å². The van der Waals surface area contributed by atoms with E-state index in [1.54, 1.807) is 11.8 Å². The summed E-state index contributed by atoms with van der Waals surface area (Å²) in [5, 5.41) is 3.31. The first-order chi connectivity index (χ1) is 10.1. The van der Waals surface area contributed by atoms with Crippen LogP contribution in [0.4, 0.5) is 0 Å². The van der Waals surface area contributed by atoms with Gasteiger partial charge in [0, 0.05) is 16.5 Å². The topological polar surface area (TPSA) is 29.1 Å². The molecule has 0 aromatic heterocycles. The molecule has 1 N–H and O–H groups in total. The van der Waals surface area contributed by atoms with Crippen LogP contribution < -0.4 is 5.32 Å². The van der Waals surface area contributed by atoms with E-state index in [0.717, 1.165) is 25.0 Å². The van der Waals surface area contributed by atoms with Crippen molar-refractivity contribution in [3.05, 3.63) is 29.8 Å². The predicted molar refractivity (Wildman–Crippen MR) is 89.1 cm³/mol. The van der Waals surface area contributed by atoms with Gasteiger partial charge in [-0.3, -0.25) is 4.79 Å². The summed E-state index contributed by atoms with van der Waals surface area (Å²) in [4.78, 5) is 14.0. The van der Waals surface area contributed by atoms with Gasteiger partial charge in [0.05, 0.1) is 11.5 Å². The first-order valence-corrected chi connectivity index (χ1v) is 9.25. The number of hydrogen-bond donors (Lipinski definition) is 1. The molecular formula is C17H22ClNOS. The number of thioether (sulfide) groups is 1. The van der Waals surface area contributed by atoms with Crippen molar-refractivity contribution in [1.82, 2.24) is 5.32 Å². The summed E-state index contributed by atoms with van der Waals surface area (Å²) in [6, 6.07) is 8.24. The van der Waals surface area contributed by atoms with Crippen LogP contribution in [0, 0.1) is 5.92 Å². The number of nitrogens with one attached hydrogen (secondary N) is 1. The second kappa shape index (κ2) is 6.21. The monoisotopic (exact) mass is 323 g/mol. The summed E-state index contributed by atoms with van der Waals surface area (Å²) in [5.74, 6) is 2.14. The summed E-state index contributed by atoms with van der Waals surface area (Å²) < 4.78 is 0. The van der Waals surface area contributed by atoms with E-state index in [9.17, 15) is 4.79 Å². The van der Waals surface area contributed by atoms with Gasteiger partial charge in [-0.2, -0.15) is 0 Å². The van der Waals surface area contributed by atoms with Crippen LogP contribution >= 0.6 is 23.4 Å². The number of carbonyl (C=O) groups excluding carboxylic acids is 1. The molecule has 0 spiro atoms. The van der Waals surface area contributed by atoms with Gasteiger partial charge in [-0.05, 0) is 30.4 Å². The van der Waals surface area contributed by atoms with E-state index >= 15 is 0 Å². The third kappa shape index (κ3) is 3.09. The van der Waals surface area contributed by atoms with Crippen molar-refractivity contribution in [1.29, 1.82) is 0 Å². The van der Waals surface area contributed by atoms with Crippen LogP contribution in [0.25, 0.3) is 0 Å². The Labute approximate surface area is 136 Å². The summed E-state index contributed by atoms with van der Waals surface area (Å²) >= 11 is 8.01. The standard InChI is InChI=1S/C17H22ClNOS/c1-12-5-4-8-17(9-12,11-18)19-16(20)14-10-21-15-7-3-2-6-13(14)15/h2-3,6-7,12,14H,4-5,8-11H2,1H3,(H,19,20). The van der Waals surface area contributed by atoms with Crippen LogP contribution in [0.5, 0.6) is 0 Å². The minimum atomic E-state index is -0.196. The average Bonchev–Trinajstić information content (AvgIpc) is 2.91. The number of benzene rings is 1. The Kier molecular flexibility index (Phi) is 4.51. The Morgan fingerprint density at radius 3 is 3.05 bits per heavy atom. The lowest BCUT2D eigenvalue weighted by atomic mass is 9.77. The molecule has 21 heavy (non-hydrogen) atoms. The minimum absolute atomic E-state index is 0.0245. The van der Waals surface area contributed by atoms with Crippen molar-refractivity contribution in [2.75, 3.05) is 11.6 Å². The molecule has 1 aromatic carbocycles. The fraction of sp³-hybridized carbons (Fsp3) is 0.588. The van der Waals surface area contributed by atoms with Gasteiger partial charge in [0.2, 0.25) is 5.91 Å². The van der Waals surface area contributed by atoms with Gasteiger partial charge in [0.15, 0.2) is 0 Å². The summed E-state index contributed by atoms with van der Waals surface area (Å²) in [7, 11) is 0. The van der Waals surface area contributed by atoms with E-state index in [4.69, 9.17) is 11.6 Å². The normalized spacial score (nSPS) is 31.7. The van der Waals surface area contributed by atoms with Gasteiger partial charge in [-0.25, -0.2) is 0 Å². The zero-order chi connectivity index (χ0) is 14.9. The van der Waals surface area contributed by atoms with Crippen LogP contribution in [0.2, 0.25) is 0 Å². The maximum absolute atomic E-state index is 12.8. The van der Waals surface area contributed by atoms with Gasteiger partial charge in [0.25, 0.3) is 0 Å². The maximum atomic E-state index is 12.8. The van der Waals surface area contributed by atoms with E-state index < -0.39 is 0 Å². The highest BCUT2D eigenvalue weighted by atomic mass is 35.5. The Bertz CT molecular complexity index is 535. The Balaban J connectivity index is 1.74. The number of carbonyl (C=O) groups is 1. The average molecular weight is 324 g/mol. The zero-order valence-electron chi connectivity index (χ0n) is 12.4. The second-order valence-electron chi connectivity index (χ2n) is 6.51. The highest BCUT2D eigenvalue weighted by molar-refractivity contribution is 7.99. The third-order valence-corrected chi connectivity index (χ3v) is 6.45. The van der Waals surface area contributed by atoms with Crippen LogP contribution in [0.3, 0.4) is 0 Å². The summed E-state index contributed by atoms with van der Waals surface area (Å²) in [6.07, 6.45) is 4.42. The number of alkyl halides is 1. The number of rotatable bonds is 3. The zero-order valence-corrected chi connectivity index (χ0v) is 14.0. The molecule has 0 radical (unpaired) electrons. The van der Waals surface area contributed by atoms with Crippen LogP contribution in [-0.2, 0) is 4.79 Å². The molecule has 1 aromatic rings. The molecule has 1 fully saturated rings. The molecule has 4 heteroatoms. The molecule has 114 valence electrons. The van der Waals surface area contributed by atoms with Gasteiger partial charge in [-0.1, -0.05) is 38.0 Å². The number of fused-ring (bicyclic) bond motifs is 1. The highest BCUT2D eigenvalue weighted by Gasteiger charge is 2.38. The second-order valence-corrected chi connectivity index (χ2v) is 7.84. The number of hydrogen-bond acceptors (Lipinski definition) is 2. The molecule has 3 unspecified atom stereocenters. The van der Waals surface area contributed by atoms with E-state index in [2.05, 4.69) is 24.4 Å². The van der Waals surface area contributed by atoms with Crippen molar-refractivity contribution >= 4 is 29.3 Å². The summed E-state index contributed by atoms with van der Waals surface area (Å²) in [6.45, 7) is 2.26. The van der Waals surface area contributed by atoms with Gasteiger partial charge in [-0.15, -0.1) is 23.4 Å². The van der Waals surface area contributed by atoms with Gasteiger partial charge < -0.3 is 5.32 Å². The molecule has 1 heterocycles. The highest BCUT2D eigenvalue weighted by Crippen LogP contribution is 2.40. The van der Waals surface area contributed by atoms with Crippen LogP contribution in [0.1, 0.15) is 44.1 Å². The lowest BCUT2D eigenvalue weighted by molar-refractivity contribution is -0.124. The van der Waals surface area contributed by atoms with Gasteiger partial charge >= 0.3 is 0 Å². The molecule has 3 rings (SSSR count). The molecule has 1 saturated carbocycles.